The van der Waals surface area contributed by atoms with E-state index in [2.05, 4.69) is 35.5 Å². The maximum atomic E-state index is 13.3. The Balaban J connectivity index is 1.61. The molecule has 0 spiro atoms. The molecule has 27 heavy (non-hydrogen) atoms. The van der Waals surface area contributed by atoms with Gasteiger partial charge in [0.05, 0.1) is 16.5 Å². The van der Waals surface area contributed by atoms with Crippen LogP contribution in [0.25, 0.3) is 10.2 Å². The van der Waals surface area contributed by atoms with Crippen LogP contribution < -0.4 is 4.90 Å². The van der Waals surface area contributed by atoms with Crippen LogP contribution in [0.2, 0.25) is 0 Å². The Morgan fingerprint density at radius 2 is 2.04 bits per heavy atom. The van der Waals surface area contributed by atoms with Gasteiger partial charge in [-0.05, 0) is 44.2 Å². The molecule has 1 saturated carbocycles. The molecule has 1 aliphatic carbocycles. The summed E-state index contributed by atoms with van der Waals surface area (Å²) in [4.78, 5) is 24.2. The van der Waals surface area contributed by atoms with Crippen molar-refractivity contribution in [2.75, 3.05) is 11.4 Å². The summed E-state index contributed by atoms with van der Waals surface area (Å²) in [7, 11) is 0. The minimum Gasteiger partial charge on any atom is -0.337 e. The number of amides is 1. The van der Waals surface area contributed by atoms with E-state index in [0.717, 1.165) is 49.3 Å². The number of aryl methyl sites for hydroxylation is 3. The number of anilines is 1. The van der Waals surface area contributed by atoms with E-state index >= 15 is 0 Å². The van der Waals surface area contributed by atoms with Gasteiger partial charge in [0.1, 0.15) is 0 Å². The predicted molar refractivity (Wildman–Crippen MR) is 110 cm³/mol. The summed E-state index contributed by atoms with van der Waals surface area (Å²) in [5, 5.41) is 0.852. The minimum atomic E-state index is 0.160. The second-order valence-electron chi connectivity index (χ2n) is 7.50. The van der Waals surface area contributed by atoms with Crippen molar-refractivity contribution >= 4 is 32.6 Å². The van der Waals surface area contributed by atoms with Gasteiger partial charge in [0, 0.05) is 31.4 Å². The number of carbonyl (C=O) groups excluding carboxylic acids is 1. The van der Waals surface area contributed by atoms with Gasteiger partial charge in [0.25, 0.3) is 0 Å². The first-order valence-electron chi connectivity index (χ1n) is 9.77. The maximum absolute atomic E-state index is 13.3. The number of hydrogen-bond donors (Lipinski definition) is 0. The molecule has 4 rings (SSSR count). The van der Waals surface area contributed by atoms with Crippen LogP contribution in [-0.4, -0.2) is 27.0 Å². The fourth-order valence-electron chi connectivity index (χ4n) is 3.89. The van der Waals surface area contributed by atoms with E-state index in [1.807, 2.05) is 17.4 Å². The SMILES string of the molecule is Cc1ccc(C)c2sc(N(CCCn3ccnc3)C(=O)C3CCCC3)nc12. The van der Waals surface area contributed by atoms with Crippen molar-refractivity contribution in [2.24, 2.45) is 5.92 Å². The standard InChI is InChI=1S/C21H26N4OS/c1-15-8-9-16(2)19-18(15)23-21(27-19)25(20(26)17-6-3-4-7-17)12-5-11-24-13-10-22-14-24/h8-10,13-14,17H,3-7,11-12H2,1-2H3. The van der Waals surface area contributed by atoms with Gasteiger partial charge in [0.2, 0.25) is 5.91 Å². The first-order chi connectivity index (χ1) is 13.1. The lowest BCUT2D eigenvalue weighted by Crippen LogP contribution is -2.36. The predicted octanol–water partition coefficient (Wildman–Crippen LogP) is 4.72. The lowest BCUT2D eigenvalue weighted by Gasteiger charge is -2.23. The van der Waals surface area contributed by atoms with E-state index in [4.69, 9.17) is 4.98 Å². The smallest absolute Gasteiger partial charge is 0.231 e. The third-order valence-corrected chi connectivity index (χ3v) is 6.70. The Morgan fingerprint density at radius 1 is 1.26 bits per heavy atom. The molecular weight excluding hydrogens is 356 g/mol. The zero-order valence-corrected chi connectivity index (χ0v) is 16.8. The van der Waals surface area contributed by atoms with Crippen molar-refractivity contribution in [3.05, 3.63) is 42.0 Å². The van der Waals surface area contributed by atoms with Gasteiger partial charge in [0.15, 0.2) is 5.13 Å². The van der Waals surface area contributed by atoms with E-state index in [-0.39, 0.29) is 11.8 Å². The second kappa shape index (κ2) is 7.80. The Kier molecular flexibility index (Phi) is 5.25. The van der Waals surface area contributed by atoms with E-state index in [9.17, 15) is 4.79 Å². The molecule has 5 nitrogen and oxygen atoms in total. The fraction of sp³-hybridized carbons (Fsp3) is 0.476. The molecule has 0 N–H and O–H groups in total. The summed E-state index contributed by atoms with van der Waals surface area (Å²) in [5.41, 5.74) is 3.43. The highest BCUT2D eigenvalue weighted by molar-refractivity contribution is 7.22. The van der Waals surface area contributed by atoms with Crippen LogP contribution in [0.15, 0.2) is 30.9 Å². The van der Waals surface area contributed by atoms with E-state index in [1.165, 1.54) is 15.8 Å². The number of hydrogen-bond acceptors (Lipinski definition) is 4. The van der Waals surface area contributed by atoms with Crippen LogP contribution in [0.3, 0.4) is 0 Å². The molecule has 0 unspecified atom stereocenters. The van der Waals surface area contributed by atoms with Crippen molar-refractivity contribution in [2.45, 2.75) is 52.5 Å². The average molecular weight is 383 g/mol. The minimum absolute atomic E-state index is 0.160. The van der Waals surface area contributed by atoms with Gasteiger partial charge in [-0.3, -0.25) is 9.69 Å². The molecule has 1 aliphatic rings. The van der Waals surface area contributed by atoms with Gasteiger partial charge in [-0.2, -0.15) is 0 Å². The summed E-state index contributed by atoms with van der Waals surface area (Å²) < 4.78 is 3.26. The molecule has 3 aromatic rings. The third-order valence-electron chi connectivity index (χ3n) is 5.49. The summed E-state index contributed by atoms with van der Waals surface area (Å²) in [6, 6.07) is 4.26. The molecule has 0 radical (unpaired) electrons. The number of nitrogens with zero attached hydrogens (tertiary/aromatic N) is 4. The van der Waals surface area contributed by atoms with E-state index < -0.39 is 0 Å². The topological polar surface area (TPSA) is 51.0 Å². The molecule has 1 fully saturated rings. The molecule has 1 aromatic carbocycles. The molecule has 2 heterocycles. The highest BCUT2D eigenvalue weighted by atomic mass is 32.1. The molecule has 0 saturated heterocycles. The van der Waals surface area contributed by atoms with Gasteiger partial charge >= 0.3 is 0 Å². The molecule has 142 valence electrons. The zero-order valence-electron chi connectivity index (χ0n) is 16.0. The van der Waals surface area contributed by atoms with E-state index in [0.29, 0.717) is 6.54 Å². The largest absolute Gasteiger partial charge is 0.337 e. The Bertz CT molecular complexity index is 886. The summed E-state index contributed by atoms with van der Waals surface area (Å²) in [6.07, 6.45) is 10.8. The number of carbonyl (C=O) groups is 1. The molecule has 0 atom stereocenters. The number of thiazole rings is 1. The molecule has 2 aromatic heterocycles. The lowest BCUT2D eigenvalue weighted by molar-refractivity contribution is -0.122. The highest BCUT2D eigenvalue weighted by Gasteiger charge is 2.29. The Morgan fingerprint density at radius 3 is 2.74 bits per heavy atom. The van der Waals surface area contributed by atoms with Crippen molar-refractivity contribution < 1.29 is 4.79 Å². The summed E-state index contributed by atoms with van der Waals surface area (Å²) in [5.74, 6) is 0.417. The number of benzene rings is 1. The number of aromatic nitrogens is 3. The lowest BCUT2D eigenvalue weighted by atomic mass is 10.1. The van der Waals surface area contributed by atoms with Crippen LogP contribution in [0.5, 0.6) is 0 Å². The van der Waals surface area contributed by atoms with Gasteiger partial charge in [-0.1, -0.05) is 36.3 Å². The second-order valence-corrected chi connectivity index (χ2v) is 8.48. The molecule has 0 bridgehead atoms. The normalized spacial score (nSPS) is 14.9. The quantitative estimate of drug-likeness (QED) is 0.620. The van der Waals surface area contributed by atoms with Crippen LogP contribution in [0, 0.1) is 19.8 Å². The van der Waals surface area contributed by atoms with Gasteiger partial charge in [-0.15, -0.1) is 0 Å². The van der Waals surface area contributed by atoms with E-state index in [1.54, 1.807) is 17.5 Å². The van der Waals surface area contributed by atoms with Crippen molar-refractivity contribution in [3.63, 3.8) is 0 Å². The van der Waals surface area contributed by atoms with Crippen LogP contribution >= 0.6 is 11.3 Å². The Hall–Kier alpha value is -2.21. The first-order valence-corrected chi connectivity index (χ1v) is 10.6. The zero-order chi connectivity index (χ0) is 18.8. The van der Waals surface area contributed by atoms with Crippen LogP contribution in [0.1, 0.15) is 43.2 Å². The fourth-order valence-corrected chi connectivity index (χ4v) is 5.03. The van der Waals surface area contributed by atoms with Gasteiger partial charge < -0.3 is 4.57 Å². The average Bonchev–Trinajstić information content (AvgIpc) is 3.42. The van der Waals surface area contributed by atoms with Gasteiger partial charge in [-0.25, -0.2) is 9.97 Å². The monoisotopic (exact) mass is 382 g/mol. The van der Waals surface area contributed by atoms with Crippen molar-refractivity contribution in [3.8, 4) is 0 Å². The summed E-state index contributed by atoms with van der Waals surface area (Å²) >= 11 is 1.66. The highest BCUT2D eigenvalue weighted by Crippen LogP contribution is 2.35. The number of imidazole rings is 1. The number of rotatable bonds is 6. The molecule has 0 aliphatic heterocycles. The molecular formula is C21H26N4OS. The van der Waals surface area contributed by atoms with Crippen molar-refractivity contribution in [1.29, 1.82) is 0 Å². The van der Waals surface area contributed by atoms with Crippen LogP contribution in [0.4, 0.5) is 5.13 Å². The number of fused-ring (bicyclic) bond motifs is 1. The summed E-state index contributed by atoms with van der Waals surface area (Å²) in [6.45, 7) is 5.77. The Labute approximate surface area is 164 Å². The first kappa shape index (κ1) is 18.2. The van der Waals surface area contributed by atoms with Crippen LogP contribution in [-0.2, 0) is 11.3 Å². The third kappa shape index (κ3) is 3.76. The molecule has 6 heteroatoms. The maximum Gasteiger partial charge on any atom is 0.231 e. The van der Waals surface area contributed by atoms with Crippen molar-refractivity contribution in [1.82, 2.24) is 14.5 Å². The molecule has 1 amide bonds.